The minimum absolute atomic E-state index is 0.271. The quantitative estimate of drug-likeness (QED) is 0.639. The number of carbonyl (C=O) groups excluding carboxylic acids is 3. The van der Waals surface area contributed by atoms with E-state index in [9.17, 15) is 27.6 Å². The van der Waals surface area contributed by atoms with Crippen molar-refractivity contribution in [1.82, 2.24) is 15.5 Å². The molecule has 114 valence electrons. The molecule has 1 aliphatic rings. The maximum Gasteiger partial charge on any atom is 0.405 e. The second-order valence-corrected chi connectivity index (χ2v) is 4.37. The average Bonchev–Trinajstić information content (AvgIpc) is 2.71. The lowest BCUT2D eigenvalue weighted by Crippen LogP contribution is -2.49. The van der Waals surface area contributed by atoms with Crippen LogP contribution in [0.3, 0.4) is 0 Å². The molecule has 1 saturated heterocycles. The molecule has 0 radical (unpaired) electrons. The second-order valence-electron chi connectivity index (χ2n) is 4.37. The fraction of sp³-hybridized carbons (Fsp3) is 0.700. The highest BCUT2D eigenvalue weighted by atomic mass is 19.4. The number of primary amides is 1. The van der Waals surface area contributed by atoms with Crippen molar-refractivity contribution in [3.05, 3.63) is 0 Å². The number of carbonyl (C=O) groups is 3. The van der Waals surface area contributed by atoms with E-state index in [0.717, 1.165) is 0 Å². The van der Waals surface area contributed by atoms with E-state index in [4.69, 9.17) is 5.73 Å². The van der Waals surface area contributed by atoms with Crippen LogP contribution >= 0.6 is 0 Å². The van der Waals surface area contributed by atoms with Gasteiger partial charge in [-0.15, -0.1) is 0 Å². The van der Waals surface area contributed by atoms with E-state index in [1.807, 2.05) is 5.32 Å². The second kappa shape index (κ2) is 6.55. The number of nitrogens with two attached hydrogens (primary N) is 1. The first-order chi connectivity index (χ1) is 9.19. The number of nitrogens with zero attached hydrogens (tertiary/aromatic N) is 1. The zero-order chi connectivity index (χ0) is 15.3. The summed E-state index contributed by atoms with van der Waals surface area (Å²) in [7, 11) is 0. The molecule has 1 rings (SSSR count). The average molecular weight is 296 g/mol. The number of hydrogen-bond donors (Lipinski definition) is 3. The lowest BCUT2D eigenvalue weighted by atomic mass is 10.2. The highest BCUT2D eigenvalue weighted by Crippen LogP contribution is 2.18. The van der Waals surface area contributed by atoms with Crippen molar-refractivity contribution in [2.24, 2.45) is 5.73 Å². The van der Waals surface area contributed by atoms with Crippen LogP contribution < -0.4 is 16.4 Å². The molecule has 1 atom stereocenters. The predicted molar refractivity (Wildman–Crippen MR) is 61.4 cm³/mol. The maximum atomic E-state index is 12.0. The molecule has 0 aromatic heterocycles. The van der Waals surface area contributed by atoms with Crippen LogP contribution in [0.5, 0.6) is 0 Å². The molecule has 0 aromatic carbocycles. The molecule has 10 heteroatoms. The van der Waals surface area contributed by atoms with Crippen molar-refractivity contribution >= 4 is 17.8 Å². The van der Waals surface area contributed by atoms with E-state index in [2.05, 4.69) is 0 Å². The number of nitrogens with one attached hydrogen (secondary N) is 2. The molecule has 1 heterocycles. The molecule has 0 spiro atoms. The van der Waals surface area contributed by atoms with Crippen LogP contribution in [0.4, 0.5) is 18.0 Å². The van der Waals surface area contributed by atoms with E-state index in [1.54, 1.807) is 5.32 Å². The molecule has 4 amide bonds. The third kappa shape index (κ3) is 5.43. The van der Waals surface area contributed by atoms with E-state index >= 15 is 0 Å². The largest absolute Gasteiger partial charge is 0.405 e. The number of likely N-dealkylation sites (tertiary alicyclic amines) is 1. The van der Waals surface area contributed by atoms with Gasteiger partial charge in [0.1, 0.15) is 6.54 Å². The first-order valence-corrected chi connectivity index (χ1v) is 5.87. The number of amides is 4. The summed E-state index contributed by atoms with van der Waals surface area (Å²) in [6, 6.07) is -1.83. The Hall–Kier alpha value is -1.84. The van der Waals surface area contributed by atoms with Gasteiger partial charge < -0.3 is 11.1 Å². The molecule has 0 saturated carbocycles. The van der Waals surface area contributed by atoms with E-state index < -0.39 is 36.6 Å². The van der Waals surface area contributed by atoms with Gasteiger partial charge in [-0.25, -0.2) is 4.79 Å². The summed E-state index contributed by atoms with van der Waals surface area (Å²) in [5.41, 5.74) is 4.76. The summed E-state index contributed by atoms with van der Waals surface area (Å²) in [6.45, 7) is -1.30. The third-order valence-electron chi connectivity index (χ3n) is 2.74. The summed E-state index contributed by atoms with van der Waals surface area (Å²) < 4.78 is 36.0. The molecule has 0 aromatic rings. The topological polar surface area (TPSA) is 105 Å². The van der Waals surface area contributed by atoms with Gasteiger partial charge in [-0.2, -0.15) is 13.2 Å². The smallest absolute Gasteiger partial charge is 0.351 e. The predicted octanol–water partition coefficient (Wildman–Crippen LogP) is -0.676. The lowest BCUT2D eigenvalue weighted by molar-refractivity contribution is -0.141. The Morgan fingerprint density at radius 1 is 1.30 bits per heavy atom. The molecule has 20 heavy (non-hydrogen) atoms. The van der Waals surface area contributed by atoms with Gasteiger partial charge in [0.2, 0.25) is 11.8 Å². The Morgan fingerprint density at radius 2 is 1.95 bits per heavy atom. The Morgan fingerprint density at radius 3 is 2.50 bits per heavy atom. The monoisotopic (exact) mass is 296 g/mol. The van der Waals surface area contributed by atoms with Gasteiger partial charge in [0.15, 0.2) is 0 Å². The van der Waals surface area contributed by atoms with Crippen LogP contribution in [0, 0.1) is 0 Å². The number of halogens is 3. The fourth-order valence-electron chi connectivity index (χ4n) is 1.98. The molecular formula is C10H15F3N4O3. The highest BCUT2D eigenvalue weighted by molar-refractivity contribution is 5.94. The molecule has 0 bridgehead atoms. The Balaban J connectivity index is 2.50. The van der Waals surface area contributed by atoms with Gasteiger partial charge in [-0.1, -0.05) is 0 Å². The normalized spacial score (nSPS) is 19.6. The summed E-state index contributed by atoms with van der Waals surface area (Å²) >= 11 is 0. The van der Waals surface area contributed by atoms with Gasteiger partial charge >= 0.3 is 12.2 Å². The van der Waals surface area contributed by atoms with Crippen LogP contribution in [0.2, 0.25) is 0 Å². The molecule has 1 aliphatic heterocycles. The SMILES string of the molecule is NC(=O)NC(=O)CN1CCCC1C(=O)NCC(F)(F)F. The van der Waals surface area contributed by atoms with Crippen LogP contribution in [0.15, 0.2) is 0 Å². The standard InChI is InChI=1S/C10H15F3N4O3/c11-10(12,13)5-15-8(19)6-2-1-3-17(6)4-7(18)16-9(14)20/h6H,1-5H2,(H,15,19)(H3,14,16,18,20). The van der Waals surface area contributed by atoms with Crippen LogP contribution in [0.1, 0.15) is 12.8 Å². The Labute approximate surface area is 112 Å². The minimum Gasteiger partial charge on any atom is -0.351 e. The van der Waals surface area contributed by atoms with Gasteiger partial charge in [-0.05, 0) is 19.4 Å². The van der Waals surface area contributed by atoms with Crippen molar-refractivity contribution in [3.63, 3.8) is 0 Å². The van der Waals surface area contributed by atoms with Crippen molar-refractivity contribution < 1.29 is 27.6 Å². The highest BCUT2D eigenvalue weighted by Gasteiger charge is 2.34. The van der Waals surface area contributed by atoms with E-state index in [1.165, 1.54) is 4.90 Å². The molecule has 7 nitrogen and oxygen atoms in total. The molecule has 0 aliphatic carbocycles. The Kier molecular flexibility index (Phi) is 5.31. The summed E-state index contributed by atoms with van der Waals surface area (Å²) in [4.78, 5) is 34.8. The van der Waals surface area contributed by atoms with Crippen LogP contribution in [0.25, 0.3) is 0 Å². The number of rotatable bonds is 4. The first-order valence-electron chi connectivity index (χ1n) is 5.87. The van der Waals surface area contributed by atoms with Crippen molar-refractivity contribution in [2.75, 3.05) is 19.6 Å². The minimum atomic E-state index is -4.48. The zero-order valence-electron chi connectivity index (χ0n) is 10.5. The summed E-state index contributed by atoms with van der Waals surface area (Å²) in [6.07, 6.45) is -3.55. The lowest BCUT2D eigenvalue weighted by Gasteiger charge is -2.23. The van der Waals surface area contributed by atoms with Crippen molar-refractivity contribution in [2.45, 2.75) is 25.1 Å². The summed E-state index contributed by atoms with van der Waals surface area (Å²) in [5.74, 6) is -1.49. The van der Waals surface area contributed by atoms with Crippen molar-refractivity contribution in [3.8, 4) is 0 Å². The molecule has 1 fully saturated rings. The maximum absolute atomic E-state index is 12.0. The fourth-order valence-corrected chi connectivity index (χ4v) is 1.98. The number of alkyl halides is 3. The van der Waals surface area contributed by atoms with Gasteiger partial charge in [0.05, 0.1) is 12.6 Å². The number of hydrogen-bond acceptors (Lipinski definition) is 4. The van der Waals surface area contributed by atoms with E-state index in [-0.39, 0.29) is 6.54 Å². The van der Waals surface area contributed by atoms with E-state index in [0.29, 0.717) is 19.4 Å². The van der Waals surface area contributed by atoms with Gasteiger partial charge in [0.25, 0.3) is 0 Å². The summed E-state index contributed by atoms with van der Waals surface area (Å²) in [5, 5.41) is 3.61. The van der Waals surface area contributed by atoms with Gasteiger partial charge in [-0.3, -0.25) is 19.8 Å². The van der Waals surface area contributed by atoms with Gasteiger partial charge in [0, 0.05) is 0 Å². The van der Waals surface area contributed by atoms with Crippen LogP contribution in [-0.2, 0) is 9.59 Å². The first kappa shape index (κ1) is 16.2. The zero-order valence-corrected chi connectivity index (χ0v) is 10.5. The molecule has 1 unspecified atom stereocenters. The Bertz CT molecular complexity index is 400. The molecule has 4 N–H and O–H groups in total. The molecular weight excluding hydrogens is 281 g/mol. The van der Waals surface area contributed by atoms with Crippen molar-refractivity contribution in [1.29, 1.82) is 0 Å². The number of urea groups is 1. The number of imide groups is 1. The van der Waals surface area contributed by atoms with Crippen LogP contribution in [-0.4, -0.2) is 54.6 Å². The third-order valence-corrected chi connectivity index (χ3v) is 2.74.